The van der Waals surface area contributed by atoms with Crippen LogP contribution in [0.1, 0.15) is 23.3 Å². The van der Waals surface area contributed by atoms with E-state index in [0.29, 0.717) is 16.6 Å². The largest absolute Gasteiger partial charge is 0.350 e. The summed E-state index contributed by atoms with van der Waals surface area (Å²) in [6.07, 6.45) is 3.94. The summed E-state index contributed by atoms with van der Waals surface area (Å²) in [5.41, 5.74) is 0.426. The fourth-order valence-electron chi connectivity index (χ4n) is 1.16. The van der Waals surface area contributed by atoms with E-state index in [1.165, 1.54) is 19.0 Å². The first kappa shape index (κ1) is 9.46. The number of nitrogens with one attached hydrogen (secondary N) is 1. The molecule has 0 aromatic carbocycles. The molecule has 0 unspecified atom stereocenters. The molecule has 1 N–H and O–H groups in total. The fraction of sp³-hybridized carbons (Fsp3) is 0.400. The number of carbonyl (C=O) groups is 1. The molecule has 0 aliphatic heterocycles. The molecule has 1 aromatic heterocycles. The van der Waals surface area contributed by atoms with Gasteiger partial charge in [0.05, 0.1) is 5.02 Å². The SMILES string of the molecule is O=C(NCC1CC1)c1ccc(Cl)cn1. The fourth-order valence-corrected chi connectivity index (χ4v) is 1.27. The van der Waals surface area contributed by atoms with E-state index in [-0.39, 0.29) is 5.91 Å². The molecular formula is C10H11ClN2O. The summed E-state index contributed by atoms with van der Waals surface area (Å²) in [4.78, 5) is 15.4. The van der Waals surface area contributed by atoms with Gasteiger partial charge in [0, 0.05) is 12.7 Å². The standard InChI is InChI=1S/C10H11ClN2O/c11-8-3-4-9(12-6-8)10(14)13-5-7-1-2-7/h3-4,6-7H,1-2,5H2,(H,13,14). The van der Waals surface area contributed by atoms with Gasteiger partial charge in [-0.1, -0.05) is 11.6 Å². The number of pyridine rings is 1. The number of amides is 1. The Balaban J connectivity index is 1.92. The average molecular weight is 211 g/mol. The minimum Gasteiger partial charge on any atom is -0.350 e. The Hall–Kier alpha value is -1.09. The van der Waals surface area contributed by atoms with Crippen molar-refractivity contribution in [1.82, 2.24) is 10.3 Å². The second-order valence-electron chi connectivity index (χ2n) is 3.52. The van der Waals surface area contributed by atoms with E-state index in [9.17, 15) is 4.79 Å². The monoisotopic (exact) mass is 210 g/mol. The van der Waals surface area contributed by atoms with E-state index >= 15 is 0 Å². The van der Waals surface area contributed by atoms with E-state index in [4.69, 9.17) is 11.6 Å². The predicted molar refractivity (Wildman–Crippen MR) is 54.3 cm³/mol. The summed E-state index contributed by atoms with van der Waals surface area (Å²) >= 11 is 5.66. The van der Waals surface area contributed by atoms with Crippen LogP contribution in [0.15, 0.2) is 18.3 Å². The molecule has 0 saturated heterocycles. The van der Waals surface area contributed by atoms with Crippen LogP contribution in [0.2, 0.25) is 5.02 Å². The minimum absolute atomic E-state index is 0.117. The quantitative estimate of drug-likeness (QED) is 0.828. The first-order chi connectivity index (χ1) is 6.75. The first-order valence-electron chi connectivity index (χ1n) is 4.65. The predicted octanol–water partition coefficient (Wildman–Crippen LogP) is 1.87. The van der Waals surface area contributed by atoms with Crippen molar-refractivity contribution in [2.45, 2.75) is 12.8 Å². The van der Waals surface area contributed by atoms with Crippen molar-refractivity contribution in [2.24, 2.45) is 5.92 Å². The van der Waals surface area contributed by atoms with E-state index in [2.05, 4.69) is 10.3 Å². The zero-order valence-corrected chi connectivity index (χ0v) is 8.42. The molecule has 14 heavy (non-hydrogen) atoms. The Bertz CT molecular complexity index is 332. The van der Waals surface area contributed by atoms with Gasteiger partial charge in [-0.15, -0.1) is 0 Å². The van der Waals surface area contributed by atoms with Crippen molar-refractivity contribution >= 4 is 17.5 Å². The summed E-state index contributed by atoms with van der Waals surface area (Å²) in [7, 11) is 0. The lowest BCUT2D eigenvalue weighted by Gasteiger charge is -2.02. The molecule has 1 aliphatic rings. The average Bonchev–Trinajstić information content (AvgIpc) is 2.99. The highest BCUT2D eigenvalue weighted by molar-refractivity contribution is 6.30. The molecule has 0 radical (unpaired) electrons. The van der Waals surface area contributed by atoms with E-state index in [1.807, 2.05) is 0 Å². The van der Waals surface area contributed by atoms with Gasteiger partial charge in [-0.2, -0.15) is 0 Å². The normalized spacial score (nSPS) is 15.2. The van der Waals surface area contributed by atoms with E-state index < -0.39 is 0 Å². The zero-order chi connectivity index (χ0) is 9.97. The van der Waals surface area contributed by atoms with Crippen LogP contribution in [-0.4, -0.2) is 17.4 Å². The summed E-state index contributed by atoms with van der Waals surface area (Å²) in [5.74, 6) is 0.569. The second kappa shape index (κ2) is 3.96. The molecule has 0 atom stereocenters. The van der Waals surface area contributed by atoms with Crippen LogP contribution in [0.4, 0.5) is 0 Å². The maximum Gasteiger partial charge on any atom is 0.269 e. The van der Waals surface area contributed by atoms with Crippen LogP contribution in [0.5, 0.6) is 0 Å². The molecule has 1 fully saturated rings. The van der Waals surface area contributed by atoms with Crippen molar-refractivity contribution in [3.8, 4) is 0 Å². The van der Waals surface area contributed by atoms with Gasteiger partial charge < -0.3 is 5.32 Å². The Kier molecular flexibility index (Phi) is 2.68. The van der Waals surface area contributed by atoms with Gasteiger partial charge in [0.1, 0.15) is 5.69 Å². The van der Waals surface area contributed by atoms with Gasteiger partial charge in [0.15, 0.2) is 0 Å². The van der Waals surface area contributed by atoms with Crippen molar-refractivity contribution in [3.05, 3.63) is 29.0 Å². The molecule has 2 rings (SSSR count). The van der Waals surface area contributed by atoms with Crippen molar-refractivity contribution in [2.75, 3.05) is 6.54 Å². The number of aromatic nitrogens is 1. The van der Waals surface area contributed by atoms with Crippen LogP contribution in [-0.2, 0) is 0 Å². The van der Waals surface area contributed by atoms with Gasteiger partial charge >= 0.3 is 0 Å². The van der Waals surface area contributed by atoms with Gasteiger partial charge in [0.2, 0.25) is 0 Å². The maximum atomic E-state index is 11.5. The van der Waals surface area contributed by atoms with Gasteiger partial charge in [0.25, 0.3) is 5.91 Å². The van der Waals surface area contributed by atoms with Crippen LogP contribution in [0.25, 0.3) is 0 Å². The first-order valence-corrected chi connectivity index (χ1v) is 5.03. The molecule has 74 valence electrons. The Morgan fingerprint density at radius 2 is 2.36 bits per heavy atom. The van der Waals surface area contributed by atoms with E-state index in [1.54, 1.807) is 12.1 Å². The summed E-state index contributed by atoms with van der Waals surface area (Å²) in [5, 5.41) is 3.38. The molecule has 3 nitrogen and oxygen atoms in total. The number of nitrogens with zero attached hydrogens (tertiary/aromatic N) is 1. The van der Waals surface area contributed by atoms with Crippen LogP contribution in [0.3, 0.4) is 0 Å². The van der Waals surface area contributed by atoms with Crippen LogP contribution >= 0.6 is 11.6 Å². The molecule has 0 spiro atoms. The van der Waals surface area contributed by atoms with Crippen molar-refractivity contribution < 1.29 is 4.79 Å². The van der Waals surface area contributed by atoms with E-state index in [0.717, 1.165) is 6.54 Å². The topological polar surface area (TPSA) is 42.0 Å². The van der Waals surface area contributed by atoms with Gasteiger partial charge in [-0.25, -0.2) is 4.98 Å². The number of hydrogen-bond acceptors (Lipinski definition) is 2. The summed E-state index contributed by atoms with van der Waals surface area (Å²) < 4.78 is 0. The molecule has 1 heterocycles. The highest BCUT2D eigenvalue weighted by Gasteiger charge is 2.21. The molecule has 4 heteroatoms. The maximum absolute atomic E-state index is 11.5. The summed E-state index contributed by atoms with van der Waals surface area (Å²) in [6.45, 7) is 0.767. The highest BCUT2D eigenvalue weighted by Crippen LogP contribution is 2.27. The van der Waals surface area contributed by atoms with Gasteiger partial charge in [-0.05, 0) is 30.9 Å². The molecule has 1 aliphatic carbocycles. The Morgan fingerprint density at radius 3 is 2.93 bits per heavy atom. The molecule has 1 saturated carbocycles. The molecule has 0 bridgehead atoms. The van der Waals surface area contributed by atoms with Crippen LogP contribution < -0.4 is 5.32 Å². The van der Waals surface area contributed by atoms with Crippen LogP contribution in [0, 0.1) is 5.92 Å². The lowest BCUT2D eigenvalue weighted by Crippen LogP contribution is -2.26. The Morgan fingerprint density at radius 1 is 1.57 bits per heavy atom. The summed E-state index contributed by atoms with van der Waals surface area (Å²) in [6, 6.07) is 3.30. The van der Waals surface area contributed by atoms with Gasteiger partial charge in [-0.3, -0.25) is 4.79 Å². The minimum atomic E-state index is -0.117. The third-order valence-electron chi connectivity index (χ3n) is 2.21. The zero-order valence-electron chi connectivity index (χ0n) is 7.66. The molecule has 1 aromatic rings. The van der Waals surface area contributed by atoms with Crippen molar-refractivity contribution in [3.63, 3.8) is 0 Å². The number of halogens is 1. The smallest absolute Gasteiger partial charge is 0.269 e. The highest BCUT2D eigenvalue weighted by atomic mass is 35.5. The molecule has 1 amide bonds. The Labute approximate surface area is 87.5 Å². The lowest BCUT2D eigenvalue weighted by molar-refractivity contribution is 0.0947. The van der Waals surface area contributed by atoms with Crippen molar-refractivity contribution in [1.29, 1.82) is 0 Å². The third kappa shape index (κ3) is 2.45. The lowest BCUT2D eigenvalue weighted by atomic mass is 10.3. The number of rotatable bonds is 3. The third-order valence-corrected chi connectivity index (χ3v) is 2.43. The molecular weight excluding hydrogens is 200 g/mol. The number of hydrogen-bond donors (Lipinski definition) is 1. The second-order valence-corrected chi connectivity index (χ2v) is 3.95. The number of carbonyl (C=O) groups excluding carboxylic acids is 1.